The van der Waals surface area contributed by atoms with Gasteiger partial charge in [0.15, 0.2) is 5.82 Å². The third-order valence-electron chi connectivity index (χ3n) is 5.14. The number of rotatable bonds is 7. The summed E-state index contributed by atoms with van der Waals surface area (Å²) < 4.78 is 47.3. The monoisotopic (exact) mass is 483 g/mol. The molecule has 0 aliphatic carbocycles. The fraction of sp³-hybridized carbons (Fsp3) is 0.167. The van der Waals surface area contributed by atoms with Gasteiger partial charge in [0.2, 0.25) is 0 Å². The number of aryl methyl sites for hydroxylation is 1. The van der Waals surface area contributed by atoms with Crippen molar-refractivity contribution in [1.82, 2.24) is 19.7 Å². The van der Waals surface area contributed by atoms with Gasteiger partial charge in [0, 0.05) is 43.1 Å². The second-order valence-corrected chi connectivity index (χ2v) is 7.58. The van der Waals surface area contributed by atoms with E-state index in [0.29, 0.717) is 22.7 Å². The van der Waals surface area contributed by atoms with Crippen LogP contribution in [0.5, 0.6) is 11.5 Å². The summed E-state index contributed by atoms with van der Waals surface area (Å²) in [5.74, 6) is 0.0873. The number of nitrogens with two attached hydrogens (primary N) is 1. The number of aliphatic hydroxyl groups is 1. The van der Waals surface area contributed by atoms with Crippen molar-refractivity contribution in [2.24, 2.45) is 12.8 Å². The molecular formula is C24H20F3N5O3. The van der Waals surface area contributed by atoms with E-state index in [1.807, 2.05) is 0 Å². The molecule has 2 aromatic heterocycles. The van der Waals surface area contributed by atoms with Gasteiger partial charge < -0.3 is 15.6 Å². The van der Waals surface area contributed by atoms with Gasteiger partial charge in [0.1, 0.15) is 17.2 Å². The molecule has 180 valence electrons. The average Bonchev–Trinajstić information content (AvgIpc) is 3.24. The minimum Gasteiger partial charge on any atom is -0.457 e. The Labute approximate surface area is 197 Å². The summed E-state index contributed by atoms with van der Waals surface area (Å²) in [6.45, 7) is -0.159. The number of carbonyl (C=O) groups is 1. The predicted octanol–water partition coefficient (Wildman–Crippen LogP) is 3.99. The summed E-state index contributed by atoms with van der Waals surface area (Å²) in [6, 6.07) is 12.8. The SMILES string of the molecule is Cn1nccc1-c1cc(C(F)(F)F)ccc1Oc1ccc(-c2nc(CCO)cc(C(N)=O)n2)cc1. The molecule has 2 heterocycles. The van der Waals surface area contributed by atoms with Crippen molar-refractivity contribution in [2.75, 3.05) is 6.61 Å². The van der Waals surface area contributed by atoms with Crippen LogP contribution in [0.15, 0.2) is 60.8 Å². The fourth-order valence-corrected chi connectivity index (χ4v) is 3.43. The molecule has 3 N–H and O–H groups in total. The summed E-state index contributed by atoms with van der Waals surface area (Å²) in [7, 11) is 1.62. The quantitative estimate of drug-likeness (QED) is 0.411. The summed E-state index contributed by atoms with van der Waals surface area (Å²) in [6.07, 6.45) is -2.80. The van der Waals surface area contributed by atoms with Crippen molar-refractivity contribution in [3.05, 3.63) is 77.7 Å². The molecular weight excluding hydrogens is 463 g/mol. The van der Waals surface area contributed by atoms with E-state index in [1.165, 1.54) is 23.0 Å². The maximum Gasteiger partial charge on any atom is 0.416 e. The van der Waals surface area contributed by atoms with Crippen LogP contribution in [-0.2, 0) is 19.6 Å². The van der Waals surface area contributed by atoms with E-state index >= 15 is 0 Å². The van der Waals surface area contributed by atoms with Gasteiger partial charge in [0.05, 0.1) is 11.3 Å². The van der Waals surface area contributed by atoms with Gasteiger partial charge in [0.25, 0.3) is 5.91 Å². The number of ether oxygens (including phenoxy) is 1. The van der Waals surface area contributed by atoms with Crippen LogP contribution in [0.2, 0.25) is 0 Å². The molecule has 0 aliphatic heterocycles. The molecule has 1 amide bonds. The molecule has 0 saturated carbocycles. The summed E-state index contributed by atoms with van der Waals surface area (Å²) in [4.78, 5) is 20.1. The topological polar surface area (TPSA) is 116 Å². The van der Waals surface area contributed by atoms with Crippen LogP contribution in [-0.4, -0.2) is 37.4 Å². The van der Waals surface area contributed by atoms with E-state index in [2.05, 4.69) is 15.1 Å². The maximum absolute atomic E-state index is 13.3. The lowest BCUT2D eigenvalue weighted by molar-refractivity contribution is -0.137. The highest BCUT2D eigenvalue weighted by Gasteiger charge is 2.31. The maximum atomic E-state index is 13.3. The smallest absolute Gasteiger partial charge is 0.416 e. The molecule has 0 radical (unpaired) electrons. The van der Waals surface area contributed by atoms with Gasteiger partial charge in [-0.1, -0.05) is 0 Å². The number of primary amides is 1. The normalized spacial score (nSPS) is 11.5. The standard InChI is InChI=1S/C24H20F3N5O3/c1-32-20(8-10-29-32)18-12-15(24(25,26)27)4-7-21(18)35-17-5-2-14(3-6-17)23-30-16(9-11-33)13-19(31-23)22(28)34/h2-8,10,12-13,33H,9,11H2,1H3,(H2,28,34). The van der Waals surface area contributed by atoms with Crippen LogP contribution in [0.3, 0.4) is 0 Å². The van der Waals surface area contributed by atoms with Gasteiger partial charge in [-0.2, -0.15) is 18.3 Å². The number of nitrogens with zero attached hydrogens (tertiary/aromatic N) is 4. The number of hydrogen-bond acceptors (Lipinski definition) is 6. The summed E-state index contributed by atoms with van der Waals surface area (Å²) in [5, 5.41) is 13.2. The van der Waals surface area contributed by atoms with Crippen LogP contribution >= 0.6 is 0 Å². The second kappa shape index (κ2) is 9.55. The predicted molar refractivity (Wildman–Crippen MR) is 120 cm³/mol. The van der Waals surface area contributed by atoms with E-state index in [-0.39, 0.29) is 35.9 Å². The first-order valence-electron chi connectivity index (χ1n) is 10.4. The van der Waals surface area contributed by atoms with E-state index in [0.717, 1.165) is 12.1 Å². The Morgan fingerprint density at radius 1 is 1.09 bits per heavy atom. The molecule has 2 aromatic carbocycles. The van der Waals surface area contributed by atoms with Crippen LogP contribution in [0.25, 0.3) is 22.6 Å². The van der Waals surface area contributed by atoms with Crippen LogP contribution in [0, 0.1) is 0 Å². The lowest BCUT2D eigenvalue weighted by atomic mass is 10.1. The molecule has 35 heavy (non-hydrogen) atoms. The number of benzene rings is 2. The number of alkyl halides is 3. The highest BCUT2D eigenvalue weighted by molar-refractivity contribution is 5.91. The second-order valence-electron chi connectivity index (χ2n) is 7.58. The number of aromatic nitrogens is 4. The fourth-order valence-electron chi connectivity index (χ4n) is 3.43. The van der Waals surface area contributed by atoms with E-state index in [4.69, 9.17) is 10.5 Å². The Morgan fingerprint density at radius 2 is 1.83 bits per heavy atom. The van der Waals surface area contributed by atoms with Crippen LogP contribution in [0.4, 0.5) is 13.2 Å². The Morgan fingerprint density at radius 3 is 2.43 bits per heavy atom. The van der Waals surface area contributed by atoms with Gasteiger partial charge in [-0.15, -0.1) is 0 Å². The zero-order valence-corrected chi connectivity index (χ0v) is 18.5. The van der Waals surface area contributed by atoms with E-state index < -0.39 is 17.6 Å². The molecule has 11 heteroatoms. The summed E-state index contributed by atoms with van der Waals surface area (Å²) >= 11 is 0. The minimum atomic E-state index is -4.51. The van der Waals surface area contributed by atoms with E-state index in [9.17, 15) is 23.1 Å². The van der Waals surface area contributed by atoms with Crippen molar-refractivity contribution in [1.29, 1.82) is 0 Å². The Balaban J connectivity index is 1.67. The van der Waals surface area contributed by atoms with Gasteiger partial charge in [-0.3, -0.25) is 9.48 Å². The Bertz CT molecular complexity index is 1370. The zero-order chi connectivity index (χ0) is 25.2. The molecule has 0 saturated heterocycles. The highest BCUT2D eigenvalue weighted by atomic mass is 19.4. The number of amides is 1. The van der Waals surface area contributed by atoms with Crippen LogP contribution in [0.1, 0.15) is 21.7 Å². The van der Waals surface area contributed by atoms with Gasteiger partial charge in [-0.05, 0) is 54.6 Å². The first-order chi connectivity index (χ1) is 16.7. The molecule has 0 fully saturated rings. The molecule has 4 rings (SSSR count). The third kappa shape index (κ3) is 5.30. The first kappa shape index (κ1) is 23.9. The molecule has 4 aromatic rings. The lowest BCUT2D eigenvalue weighted by Gasteiger charge is -2.15. The average molecular weight is 483 g/mol. The van der Waals surface area contributed by atoms with Crippen LogP contribution < -0.4 is 10.5 Å². The molecule has 0 bridgehead atoms. The Hall–Kier alpha value is -4.25. The van der Waals surface area contributed by atoms with Crippen molar-refractivity contribution >= 4 is 5.91 Å². The lowest BCUT2D eigenvalue weighted by Crippen LogP contribution is -2.15. The first-order valence-corrected chi connectivity index (χ1v) is 10.4. The molecule has 0 spiro atoms. The van der Waals surface area contributed by atoms with Crippen molar-refractivity contribution < 1.29 is 27.8 Å². The van der Waals surface area contributed by atoms with Gasteiger partial charge in [-0.25, -0.2) is 9.97 Å². The zero-order valence-electron chi connectivity index (χ0n) is 18.5. The number of carbonyl (C=O) groups excluding carboxylic acids is 1. The van der Waals surface area contributed by atoms with Gasteiger partial charge >= 0.3 is 6.18 Å². The molecule has 8 nitrogen and oxygen atoms in total. The minimum absolute atomic E-state index is 0.0179. The number of halogens is 3. The molecule has 0 atom stereocenters. The molecule has 0 aliphatic rings. The third-order valence-corrected chi connectivity index (χ3v) is 5.14. The van der Waals surface area contributed by atoms with E-state index in [1.54, 1.807) is 37.4 Å². The molecule has 0 unspecified atom stereocenters. The number of hydrogen-bond donors (Lipinski definition) is 2. The number of aliphatic hydroxyl groups excluding tert-OH is 1. The van der Waals surface area contributed by atoms with Crippen molar-refractivity contribution in [3.8, 4) is 34.1 Å². The summed E-state index contributed by atoms with van der Waals surface area (Å²) in [5.41, 5.74) is 6.26. The van der Waals surface area contributed by atoms with Crippen molar-refractivity contribution in [2.45, 2.75) is 12.6 Å². The largest absolute Gasteiger partial charge is 0.457 e. The Kier molecular flexibility index (Phi) is 6.52. The highest BCUT2D eigenvalue weighted by Crippen LogP contribution is 2.39. The van der Waals surface area contributed by atoms with Crippen molar-refractivity contribution in [3.63, 3.8) is 0 Å².